The summed E-state index contributed by atoms with van der Waals surface area (Å²) in [5, 5.41) is 7.03. The van der Waals surface area contributed by atoms with Crippen molar-refractivity contribution in [1.29, 1.82) is 0 Å². The zero-order valence-electron chi connectivity index (χ0n) is 13.6. The number of carbonyl (C=O) groups excluding carboxylic acids is 1. The van der Waals surface area contributed by atoms with Crippen LogP contribution in [0, 0.1) is 0 Å². The summed E-state index contributed by atoms with van der Waals surface area (Å²) < 4.78 is 11.0. The fourth-order valence-corrected chi connectivity index (χ4v) is 2.95. The van der Waals surface area contributed by atoms with E-state index in [1.165, 1.54) is 12.8 Å². The van der Waals surface area contributed by atoms with Gasteiger partial charge in [-0.05, 0) is 40.2 Å². The second-order valence-corrected chi connectivity index (χ2v) is 6.98. The predicted molar refractivity (Wildman–Crippen MR) is 81.4 cm³/mol. The smallest absolute Gasteiger partial charge is 0.410 e. The second-order valence-electron chi connectivity index (χ2n) is 6.98. The lowest BCUT2D eigenvalue weighted by Gasteiger charge is -2.29. The number of ether oxygens (including phenoxy) is 2. The first-order valence-corrected chi connectivity index (χ1v) is 7.86. The van der Waals surface area contributed by atoms with E-state index in [4.69, 9.17) is 9.47 Å². The Morgan fingerprint density at radius 3 is 2.67 bits per heavy atom. The summed E-state index contributed by atoms with van der Waals surface area (Å²) in [6.07, 6.45) is 2.14. The molecule has 0 spiro atoms. The van der Waals surface area contributed by atoms with Crippen LogP contribution in [0.4, 0.5) is 4.79 Å². The minimum Gasteiger partial charge on any atom is -0.444 e. The molecular weight excluding hydrogens is 270 g/mol. The lowest BCUT2D eigenvalue weighted by molar-refractivity contribution is 0.0252. The van der Waals surface area contributed by atoms with Crippen molar-refractivity contribution in [2.75, 3.05) is 33.3 Å². The lowest BCUT2D eigenvalue weighted by atomic mass is 10.1. The molecule has 0 radical (unpaired) electrons. The van der Waals surface area contributed by atoms with Crippen LogP contribution in [0.15, 0.2) is 0 Å². The maximum absolute atomic E-state index is 12.2. The van der Waals surface area contributed by atoms with Gasteiger partial charge in [0, 0.05) is 26.2 Å². The van der Waals surface area contributed by atoms with E-state index < -0.39 is 5.60 Å². The second kappa shape index (κ2) is 6.94. The number of piperidine rings is 1. The van der Waals surface area contributed by atoms with Crippen molar-refractivity contribution >= 4 is 6.09 Å². The molecule has 6 heteroatoms. The first-order chi connectivity index (χ1) is 9.89. The van der Waals surface area contributed by atoms with Gasteiger partial charge in [0.15, 0.2) is 0 Å². The molecule has 2 aliphatic rings. The predicted octanol–water partition coefficient (Wildman–Crippen LogP) is 0.962. The molecule has 2 aliphatic heterocycles. The fraction of sp³-hybridized carbons (Fsp3) is 0.933. The van der Waals surface area contributed by atoms with Crippen LogP contribution in [0.1, 0.15) is 33.6 Å². The Bertz CT molecular complexity index is 351. The van der Waals surface area contributed by atoms with Crippen molar-refractivity contribution in [1.82, 2.24) is 15.5 Å². The van der Waals surface area contributed by atoms with E-state index in [-0.39, 0.29) is 18.2 Å². The SMILES string of the molecule is CO[C@H]1CN(C(=O)OC(C)(C)C)CC1NC1CCCNC1. The third kappa shape index (κ3) is 4.83. The number of rotatable bonds is 3. The minimum atomic E-state index is -0.460. The molecule has 0 aromatic rings. The Morgan fingerprint density at radius 2 is 2.10 bits per heavy atom. The molecule has 2 rings (SSSR count). The Balaban J connectivity index is 1.88. The molecule has 0 aliphatic carbocycles. The standard InChI is InChI=1S/C15H29N3O3/c1-15(2,3)21-14(19)18-9-12(13(10-18)20-4)17-11-6-5-7-16-8-11/h11-13,16-17H,5-10H2,1-4H3/t11?,12?,13-/m0/s1. The van der Waals surface area contributed by atoms with Crippen LogP contribution in [0.3, 0.4) is 0 Å². The summed E-state index contributed by atoms with van der Waals surface area (Å²) in [5.41, 5.74) is -0.460. The first kappa shape index (κ1) is 16.5. The van der Waals surface area contributed by atoms with Gasteiger partial charge in [-0.3, -0.25) is 0 Å². The Hall–Kier alpha value is -0.850. The molecular formula is C15H29N3O3. The molecule has 2 heterocycles. The van der Waals surface area contributed by atoms with Gasteiger partial charge < -0.3 is 25.0 Å². The van der Waals surface area contributed by atoms with Crippen LogP contribution in [-0.2, 0) is 9.47 Å². The van der Waals surface area contributed by atoms with Gasteiger partial charge in [0.25, 0.3) is 0 Å². The summed E-state index contributed by atoms with van der Waals surface area (Å²) in [4.78, 5) is 13.9. The number of likely N-dealkylation sites (tertiary alicyclic amines) is 1. The average Bonchev–Trinajstić information content (AvgIpc) is 2.81. The van der Waals surface area contributed by atoms with Gasteiger partial charge in [-0.15, -0.1) is 0 Å². The number of hydrogen-bond acceptors (Lipinski definition) is 5. The van der Waals surface area contributed by atoms with Crippen molar-refractivity contribution in [2.24, 2.45) is 0 Å². The maximum atomic E-state index is 12.2. The van der Waals surface area contributed by atoms with Gasteiger partial charge >= 0.3 is 6.09 Å². The van der Waals surface area contributed by atoms with E-state index in [1.807, 2.05) is 20.8 Å². The van der Waals surface area contributed by atoms with E-state index >= 15 is 0 Å². The van der Waals surface area contributed by atoms with Crippen LogP contribution >= 0.6 is 0 Å². The van der Waals surface area contributed by atoms with Crippen molar-refractivity contribution in [3.8, 4) is 0 Å². The van der Waals surface area contributed by atoms with Crippen LogP contribution in [0.25, 0.3) is 0 Å². The summed E-state index contributed by atoms with van der Waals surface area (Å²) in [7, 11) is 1.71. The van der Waals surface area contributed by atoms with E-state index in [9.17, 15) is 4.79 Å². The first-order valence-electron chi connectivity index (χ1n) is 7.86. The highest BCUT2D eigenvalue weighted by Gasteiger charge is 2.38. The molecule has 122 valence electrons. The van der Waals surface area contributed by atoms with Gasteiger partial charge in [0.05, 0.1) is 18.7 Å². The zero-order valence-corrected chi connectivity index (χ0v) is 13.6. The minimum absolute atomic E-state index is 0.0273. The summed E-state index contributed by atoms with van der Waals surface area (Å²) in [6, 6.07) is 0.632. The van der Waals surface area contributed by atoms with Crippen LogP contribution < -0.4 is 10.6 Å². The van der Waals surface area contributed by atoms with Gasteiger partial charge in [-0.1, -0.05) is 0 Å². The molecule has 2 N–H and O–H groups in total. The monoisotopic (exact) mass is 299 g/mol. The molecule has 2 fully saturated rings. The van der Waals surface area contributed by atoms with Crippen molar-refractivity contribution < 1.29 is 14.3 Å². The highest BCUT2D eigenvalue weighted by Crippen LogP contribution is 2.18. The van der Waals surface area contributed by atoms with Gasteiger partial charge in [0.1, 0.15) is 5.60 Å². The molecule has 1 amide bonds. The summed E-state index contributed by atoms with van der Waals surface area (Å²) in [5.74, 6) is 0. The summed E-state index contributed by atoms with van der Waals surface area (Å²) in [6.45, 7) is 8.97. The van der Waals surface area contributed by atoms with Gasteiger partial charge in [0.2, 0.25) is 0 Å². The van der Waals surface area contributed by atoms with Crippen molar-refractivity contribution in [3.63, 3.8) is 0 Å². The molecule has 3 atom stereocenters. The van der Waals surface area contributed by atoms with E-state index in [2.05, 4.69) is 10.6 Å². The van der Waals surface area contributed by atoms with Gasteiger partial charge in [-0.2, -0.15) is 0 Å². The number of nitrogens with zero attached hydrogens (tertiary/aromatic N) is 1. The lowest BCUT2D eigenvalue weighted by Crippen LogP contribution is -2.51. The molecule has 21 heavy (non-hydrogen) atoms. The van der Waals surface area contributed by atoms with Crippen molar-refractivity contribution in [2.45, 2.75) is 57.4 Å². The largest absolute Gasteiger partial charge is 0.444 e. The Kier molecular flexibility index (Phi) is 5.46. The van der Waals surface area contributed by atoms with Gasteiger partial charge in [-0.25, -0.2) is 4.79 Å². The highest BCUT2D eigenvalue weighted by atomic mass is 16.6. The zero-order chi connectivity index (χ0) is 15.5. The van der Waals surface area contributed by atoms with Crippen LogP contribution in [0.2, 0.25) is 0 Å². The average molecular weight is 299 g/mol. The molecule has 0 saturated carbocycles. The highest BCUT2D eigenvalue weighted by molar-refractivity contribution is 5.68. The van der Waals surface area contributed by atoms with Crippen LogP contribution in [0.5, 0.6) is 0 Å². The molecule has 0 bridgehead atoms. The van der Waals surface area contributed by atoms with E-state index in [0.29, 0.717) is 19.1 Å². The molecule has 2 saturated heterocycles. The third-order valence-corrected chi connectivity index (χ3v) is 3.97. The fourth-order valence-electron chi connectivity index (χ4n) is 2.95. The molecule has 0 aromatic heterocycles. The number of carbonyl (C=O) groups is 1. The third-order valence-electron chi connectivity index (χ3n) is 3.97. The van der Waals surface area contributed by atoms with E-state index in [1.54, 1.807) is 12.0 Å². The number of amides is 1. The van der Waals surface area contributed by atoms with E-state index in [0.717, 1.165) is 13.1 Å². The Labute approximate surface area is 127 Å². The molecule has 6 nitrogen and oxygen atoms in total. The van der Waals surface area contributed by atoms with Crippen molar-refractivity contribution in [3.05, 3.63) is 0 Å². The Morgan fingerprint density at radius 1 is 1.33 bits per heavy atom. The quantitative estimate of drug-likeness (QED) is 0.813. The molecule has 0 aromatic carbocycles. The maximum Gasteiger partial charge on any atom is 0.410 e. The topological polar surface area (TPSA) is 62.8 Å². The molecule has 2 unspecified atom stereocenters. The number of hydrogen-bond donors (Lipinski definition) is 2. The number of methoxy groups -OCH3 is 1. The number of nitrogens with one attached hydrogen (secondary N) is 2. The normalized spacial score (nSPS) is 30.5. The van der Waals surface area contributed by atoms with Crippen LogP contribution in [-0.4, -0.2) is 68.1 Å². The summed E-state index contributed by atoms with van der Waals surface area (Å²) >= 11 is 0.